The summed E-state index contributed by atoms with van der Waals surface area (Å²) in [7, 11) is 1.88. The summed E-state index contributed by atoms with van der Waals surface area (Å²) in [4.78, 5) is 10.6. The molecule has 0 spiro atoms. The molecule has 1 aromatic carbocycles. The number of rotatable bonds is 6. The predicted octanol–water partition coefficient (Wildman–Crippen LogP) is 3.42. The average molecular weight is 271 g/mol. The van der Waals surface area contributed by atoms with Crippen LogP contribution in [0.25, 0.3) is 0 Å². The van der Waals surface area contributed by atoms with Crippen LogP contribution in [0.4, 0.5) is 5.69 Å². The Hall–Kier alpha value is -1.13. The minimum atomic E-state index is -0.353. The Labute approximate surface area is 112 Å². The van der Waals surface area contributed by atoms with Gasteiger partial charge >= 0.3 is 0 Å². The number of hydrogen-bond donors (Lipinski definition) is 1. The van der Waals surface area contributed by atoms with Gasteiger partial charge in [0.2, 0.25) is 0 Å². The van der Waals surface area contributed by atoms with Crippen molar-refractivity contribution in [2.75, 3.05) is 7.05 Å². The smallest absolute Gasteiger partial charge is 0.272 e. The number of benzene rings is 1. The normalized spacial score (nSPS) is 12.7. The largest absolute Gasteiger partial charge is 0.317 e. The lowest BCUT2D eigenvalue weighted by Gasteiger charge is -2.18. The molecule has 1 rings (SSSR count). The van der Waals surface area contributed by atoms with Gasteiger partial charge in [-0.05, 0) is 37.9 Å². The third-order valence-corrected chi connectivity index (χ3v) is 3.10. The number of nitro groups is 1. The van der Waals surface area contributed by atoms with Crippen LogP contribution in [-0.2, 0) is 6.42 Å². The Morgan fingerprint density at radius 1 is 1.44 bits per heavy atom. The van der Waals surface area contributed by atoms with Crippen LogP contribution in [0.3, 0.4) is 0 Å². The van der Waals surface area contributed by atoms with Crippen molar-refractivity contribution < 1.29 is 4.92 Å². The number of nitrogens with one attached hydrogen (secondary N) is 1. The fraction of sp³-hybridized carbons (Fsp3) is 0.538. The summed E-state index contributed by atoms with van der Waals surface area (Å²) in [6, 6.07) is 4.94. The lowest BCUT2D eigenvalue weighted by atomic mass is 9.96. The van der Waals surface area contributed by atoms with Gasteiger partial charge in [-0.15, -0.1) is 0 Å². The molecular weight excluding hydrogens is 252 g/mol. The first-order valence-electron chi connectivity index (χ1n) is 6.04. The molecule has 0 aliphatic rings. The van der Waals surface area contributed by atoms with Gasteiger partial charge in [-0.25, -0.2) is 0 Å². The van der Waals surface area contributed by atoms with E-state index in [1.165, 1.54) is 6.07 Å². The van der Waals surface area contributed by atoms with Crippen molar-refractivity contribution in [2.24, 2.45) is 5.92 Å². The molecule has 100 valence electrons. The molecule has 1 aromatic rings. The molecule has 0 amide bonds. The van der Waals surface area contributed by atoms with Crippen molar-refractivity contribution in [1.82, 2.24) is 5.32 Å². The SMILES string of the molecule is CNC(Cc1cc(Cl)ccc1[N+](=O)[O-])CC(C)C. The zero-order valence-corrected chi connectivity index (χ0v) is 11.7. The van der Waals surface area contributed by atoms with E-state index in [9.17, 15) is 10.1 Å². The third kappa shape index (κ3) is 4.27. The van der Waals surface area contributed by atoms with E-state index in [1.54, 1.807) is 12.1 Å². The second kappa shape index (κ2) is 6.71. The van der Waals surface area contributed by atoms with Crippen LogP contribution in [0, 0.1) is 16.0 Å². The molecule has 0 aliphatic heterocycles. The molecule has 0 fully saturated rings. The minimum Gasteiger partial charge on any atom is -0.317 e. The van der Waals surface area contributed by atoms with Crippen molar-refractivity contribution >= 4 is 17.3 Å². The monoisotopic (exact) mass is 270 g/mol. The predicted molar refractivity (Wildman–Crippen MR) is 74.1 cm³/mol. The maximum absolute atomic E-state index is 11.0. The van der Waals surface area contributed by atoms with Crippen molar-refractivity contribution in [1.29, 1.82) is 0 Å². The van der Waals surface area contributed by atoms with Gasteiger partial charge in [0.05, 0.1) is 4.92 Å². The molecule has 4 nitrogen and oxygen atoms in total. The fourth-order valence-electron chi connectivity index (χ4n) is 2.03. The van der Waals surface area contributed by atoms with E-state index in [-0.39, 0.29) is 16.7 Å². The van der Waals surface area contributed by atoms with E-state index in [0.717, 1.165) is 6.42 Å². The number of halogens is 1. The quantitative estimate of drug-likeness (QED) is 0.636. The van der Waals surface area contributed by atoms with Crippen molar-refractivity contribution in [2.45, 2.75) is 32.7 Å². The highest BCUT2D eigenvalue weighted by Gasteiger charge is 2.18. The zero-order chi connectivity index (χ0) is 13.7. The highest BCUT2D eigenvalue weighted by molar-refractivity contribution is 6.30. The van der Waals surface area contributed by atoms with Crippen molar-refractivity contribution in [3.05, 3.63) is 38.9 Å². The molecule has 0 aliphatic carbocycles. The lowest BCUT2D eigenvalue weighted by molar-refractivity contribution is -0.385. The van der Waals surface area contributed by atoms with Crippen LogP contribution in [0.5, 0.6) is 0 Å². The van der Waals surface area contributed by atoms with Gasteiger partial charge < -0.3 is 5.32 Å². The third-order valence-electron chi connectivity index (χ3n) is 2.87. The minimum absolute atomic E-state index is 0.142. The van der Waals surface area contributed by atoms with Gasteiger partial charge in [0.25, 0.3) is 5.69 Å². The van der Waals surface area contributed by atoms with Crippen LogP contribution < -0.4 is 5.32 Å². The van der Waals surface area contributed by atoms with E-state index in [2.05, 4.69) is 19.2 Å². The molecule has 18 heavy (non-hydrogen) atoms. The molecule has 5 heteroatoms. The molecule has 0 saturated carbocycles. The summed E-state index contributed by atoms with van der Waals surface area (Å²) in [6.45, 7) is 4.27. The van der Waals surface area contributed by atoms with Crippen molar-refractivity contribution in [3.8, 4) is 0 Å². The molecule has 0 bridgehead atoms. The Morgan fingerprint density at radius 3 is 2.61 bits per heavy atom. The van der Waals surface area contributed by atoms with Gasteiger partial charge in [-0.1, -0.05) is 25.4 Å². The fourth-order valence-corrected chi connectivity index (χ4v) is 2.23. The van der Waals surface area contributed by atoms with E-state index in [1.807, 2.05) is 7.05 Å². The van der Waals surface area contributed by atoms with Crippen LogP contribution >= 0.6 is 11.6 Å². The molecular formula is C13H19ClN2O2. The topological polar surface area (TPSA) is 55.2 Å². The number of hydrogen-bond acceptors (Lipinski definition) is 3. The highest BCUT2D eigenvalue weighted by Crippen LogP contribution is 2.25. The Balaban J connectivity index is 2.93. The van der Waals surface area contributed by atoms with Crippen LogP contribution in [0.2, 0.25) is 5.02 Å². The number of nitro benzene ring substituents is 1. The van der Waals surface area contributed by atoms with Gasteiger partial charge in [0.15, 0.2) is 0 Å². The van der Waals surface area contributed by atoms with Crippen molar-refractivity contribution in [3.63, 3.8) is 0 Å². The summed E-state index contributed by atoms with van der Waals surface area (Å²) >= 11 is 5.91. The number of nitrogens with zero attached hydrogens (tertiary/aromatic N) is 1. The lowest BCUT2D eigenvalue weighted by Crippen LogP contribution is -2.29. The zero-order valence-electron chi connectivity index (χ0n) is 10.9. The van der Waals surface area contributed by atoms with E-state index in [4.69, 9.17) is 11.6 Å². The van der Waals surface area contributed by atoms with E-state index >= 15 is 0 Å². The first kappa shape index (κ1) is 14.9. The van der Waals surface area contributed by atoms with Gasteiger partial charge in [-0.2, -0.15) is 0 Å². The summed E-state index contributed by atoms with van der Waals surface area (Å²) in [6.07, 6.45) is 1.59. The average Bonchev–Trinajstić information content (AvgIpc) is 2.27. The maximum Gasteiger partial charge on any atom is 0.272 e. The molecule has 0 heterocycles. The molecule has 0 aromatic heterocycles. The molecule has 0 saturated heterocycles. The van der Waals surface area contributed by atoms with Crippen LogP contribution in [0.15, 0.2) is 18.2 Å². The second-order valence-corrected chi connectivity index (χ2v) is 5.29. The molecule has 0 radical (unpaired) electrons. The molecule has 1 atom stereocenters. The van der Waals surface area contributed by atoms with E-state index in [0.29, 0.717) is 22.9 Å². The Kier molecular flexibility index (Phi) is 5.56. The van der Waals surface area contributed by atoms with E-state index < -0.39 is 0 Å². The summed E-state index contributed by atoms with van der Waals surface area (Å²) in [5, 5.41) is 14.7. The summed E-state index contributed by atoms with van der Waals surface area (Å²) in [5.74, 6) is 0.542. The molecule has 1 unspecified atom stereocenters. The van der Waals surface area contributed by atoms with Gasteiger partial charge in [-0.3, -0.25) is 10.1 Å². The first-order chi connectivity index (χ1) is 8.43. The van der Waals surface area contributed by atoms with Gasteiger partial charge in [0, 0.05) is 22.7 Å². The Morgan fingerprint density at radius 2 is 2.11 bits per heavy atom. The second-order valence-electron chi connectivity index (χ2n) is 4.85. The maximum atomic E-state index is 11.0. The first-order valence-corrected chi connectivity index (χ1v) is 6.42. The summed E-state index contributed by atoms with van der Waals surface area (Å²) in [5.41, 5.74) is 0.830. The highest BCUT2D eigenvalue weighted by atomic mass is 35.5. The van der Waals surface area contributed by atoms with Gasteiger partial charge in [0.1, 0.15) is 0 Å². The summed E-state index contributed by atoms with van der Waals surface area (Å²) < 4.78 is 0. The molecule has 1 N–H and O–H groups in total. The standard InChI is InChI=1S/C13H19ClN2O2/c1-9(2)6-12(15-3)8-10-7-11(14)4-5-13(10)16(17)18/h4-5,7,9,12,15H,6,8H2,1-3H3. The number of likely N-dealkylation sites (N-methyl/N-ethyl adjacent to an activating group) is 1. The van der Waals surface area contributed by atoms with Crippen LogP contribution in [-0.4, -0.2) is 18.0 Å². The van der Waals surface area contributed by atoms with Crippen LogP contribution in [0.1, 0.15) is 25.8 Å². The Bertz CT molecular complexity index is 421.